The van der Waals surface area contributed by atoms with Crippen molar-refractivity contribution in [3.05, 3.63) is 77.7 Å². The standard InChI is InChI=1S/C23H19N5O2/c1-27(2)22-23-26-19(21(30)14-6-4-3-5-7-14)20(28(23)11-10-24-22)15-8-9-17-16(12-15)13-18(29)25-17/h3-12H,13H2,1-2H3,(H,25,29). The average Bonchev–Trinajstić information content (AvgIpc) is 3.32. The largest absolute Gasteiger partial charge is 0.360 e. The van der Waals surface area contributed by atoms with Crippen LogP contribution in [0.5, 0.6) is 0 Å². The first-order chi connectivity index (χ1) is 14.5. The lowest BCUT2D eigenvalue weighted by molar-refractivity contribution is -0.115. The molecule has 2 aromatic carbocycles. The Morgan fingerprint density at radius 1 is 1.13 bits per heavy atom. The molecule has 30 heavy (non-hydrogen) atoms. The highest BCUT2D eigenvalue weighted by Gasteiger charge is 2.25. The minimum absolute atomic E-state index is 0.0278. The molecule has 0 atom stereocenters. The van der Waals surface area contributed by atoms with E-state index in [1.807, 2.05) is 66.0 Å². The molecule has 1 N–H and O–H groups in total. The Balaban J connectivity index is 1.77. The van der Waals surface area contributed by atoms with Gasteiger partial charge in [0.25, 0.3) is 0 Å². The van der Waals surface area contributed by atoms with Crippen molar-refractivity contribution in [2.45, 2.75) is 6.42 Å². The van der Waals surface area contributed by atoms with E-state index in [4.69, 9.17) is 4.98 Å². The molecular weight excluding hydrogens is 378 g/mol. The molecule has 3 heterocycles. The summed E-state index contributed by atoms with van der Waals surface area (Å²) in [4.78, 5) is 36.2. The number of carbonyl (C=O) groups is 2. The van der Waals surface area contributed by atoms with Crippen molar-refractivity contribution in [2.75, 3.05) is 24.3 Å². The number of aromatic nitrogens is 3. The second kappa shape index (κ2) is 6.81. The Morgan fingerprint density at radius 2 is 1.93 bits per heavy atom. The predicted octanol–water partition coefficient (Wildman–Crippen LogP) is 3.19. The topological polar surface area (TPSA) is 79.6 Å². The minimum atomic E-state index is -0.159. The quantitative estimate of drug-likeness (QED) is 0.535. The average molecular weight is 397 g/mol. The molecule has 2 aromatic heterocycles. The number of nitrogens with zero attached hydrogens (tertiary/aromatic N) is 4. The Hall–Kier alpha value is -4.00. The van der Waals surface area contributed by atoms with Gasteiger partial charge in [0.15, 0.2) is 11.5 Å². The van der Waals surface area contributed by atoms with Crippen LogP contribution in [0.3, 0.4) is 0 Å². The fourth-order valence-corrected chi connectivity index (χ4v) is 3.82. The summed E-state index contributed by atoms with van der Waals surface area (Å²) in [5, 5.41) is 2.85. The van der Waals surface area contributed by atoms with E-state index in [0.29, 0.717) is 34.8 Å². The summed E-state index contributed by atoms with van der Waals surface area (Å²) in [6, 6.07) is 14.8. The summed E-state index contributed by atoms with van der Waals surface area (Å²) < 4.78 is 1.89. The highest BCUT2D eigenvalue weighted by molar-refractivity contribution is 6.12. The molecule has 1 aliphatic heterocycles. The monoisotopic (exact) mass is 397 g/mol. The van der Waals surface area contributed by atoms with Crippen LogP contribution in [0.15, 0.2) is 60.9 Å². The van der Waals surface area contributed by atoms with Crippen molar-refractivity contribution >= 4 is 28.8 Å². The molecule has 0 fully saturated rings. The number of rotatable bonds is 4. The third-order valence-electron chi connectivity index (χ3n) is 5.20. The SMILES string of the molecule is CN(C)c1nccn2c(-c3ccc4c(c3)CC(=O)N4)c(C(=O)c3ccccc3)nc12. The van der Waals surface area contributed by atoms with Crippen molar-refractivity contribution in [1.29, 1.82) is 0 Å². The van der Waals surface area contributed by atoms with Crippen molar-refractivity contribution < 1.29 is 9.59 Å². The molecule has 0 saturated carbocycles. The number of carbonyl (C=O) groups excluding carboxylic acids is 2. The van der Waals surface area contributed by atoms with E-state index >= 15 is 0 Å². The zero-order chi connectivity index (χ0) is 20.8. The van der Waals surface area contributed by atoms with Crippen LogP contribution < -0.4 is 10.2 Å². The maximum absolute atomic E-state index is 13.4. The maximum Gasteiger partial charge on any atom is 0.228 e. The van der Waals surface area contributed by atoms with Gasteiger partial charge < -0.3 is 10.2 Å². The van der Waals surface area contributed by atoms with E-state index in [0.717, 1.165) is 16.8 Å². The first-order valence-corrected chi connectivity index (χ1v) is 9.60. The first kappa shape index (κ1) is 18.1. The molecule has 5 rings (SSSR count). The van der Waals surface area contributed by atoms with Crippen LogP contribution in [-0.4, -0.2) is 40.2 Å². The van der Waals surface area contributed by atoms with E-state index in [2.05, 4.69) is 10.3 Å². The smallest absolute Gasteiger partial charge is 0.228 e. The Bertz CT molecular complexity index is 1310. The molecular formula is C23H19N5O2. The number of fused-ring (bicyclic) bond motifs is 2. The molecule has 7 heteroatoms. The fraction of sp³-hybridized carbons (Fsp3) is 0.130. The minimum Gasteiger partial charge on any atom is -0.360 e. The lowest BCUT2D eigenvalue weighted by atomic mass is 10.0. The van der Waals surface area contributed by atoms with E-state index in [1.165, 1.54) is 0 Å². The lowest BCUT2D eigenvalue weighted by Crippen LogP contribution is -2.12. The summed E-state index contributed by atoms with van der Waals surface area (Å²) in [6.45, 7) is 0. The highest BCUT2D eigenvalue weighted by atomic mass is 16.1. The predicted molar refractivity (Wildman–Crippen MR) is 115 cm³/mol. The van der Waals surface area contributed by atoms with Gasteiger partial charge in [-0.3, -0.25) is 14.0 Å². The maximum atomic E-state index is 13.4. The number of imidazole rings is 1. The van der Waals surface area contributed by atoms with Gasteiger partial charge >= 0.3 is 0 Å². The van der Waals surface area contributed by atoms with Gasteiger partial charge in [-0.15, -0.1) is 0 Å². The number of hydrogen-bond acceptors (Lipinski definition) is 5. The highest BCUT2D eigenvalue weighted by Crippen LogP contribution is 2.33. The molecule has 0 aliphatic carbocycles. The first-order valence-electron chi connectivity index (χ1n) is 9.60. The fourth-order valence-electron chi connectivity index (χ4n) is 3.82. The van der Waals surface area contributed by atoms with Crippen LogP contribution in [0.1, 0.15) is 21.6 Å². The molecule has 7 nitrogen and oxygen atoms in total. The molecule has 0 radical (unpaired) electrons. The summed E-state index contributed by atoms with van der Waals surface area (Å²) in [5.41, 5.74) is 4.76. The zero-order valence-electron chi connectivity index (χ0n) is 16.6. The lowest BCUT2D eigenvalue weighted by Gasteiger charge is -2.12. The molecule has 148 valence electrons. The van der Waals surface area contributed by atoms with Crippen LogP contribution in [0.2, 0.25) is 0 Å². The van der Waals surface area contributed by atoms with Crippen LogP contribution in [0.25, 0.3) is 16.9 Å². The van der Waals surface area contributed by atoms with Crippen LogP contribution >= 0.6 is 0 Å². The van der Waals surface area contributed by atoms with Crippen molar-refractivity contribution in [3.8, 4) is 11.3 Å². The Kier molecular flexibility index (Phi) is 4.10. The molecule has 0 spiro atoms. The van der Waals surface area contributed by atoms with Gasteiger partial charge in [0, 0.05) is 43.3 Å². The molecule has 1 amide bonds. The molecule has 4 aromatic rings. The van der Waals surface area contributed by atoms with E-state index in [9.17, 15) is 9.59 Å². The summed E-state index contributed by atoms with van der Waals surface area (Å²) in [5.74, 6) is 0.484. The number of amides is 1. The van der Waals surface area contributed by atoms with Crippen LogP contribution in [0, 0.1) is 0 Å². The second-order valence-corrected chi connectivity index (χ2v) is 7.44. The third-order valence-corrected chi connectivity index (χ3v) is 5.20. The number of hydrogen-bond donors (Lipinski definition) is 1. The van der Waals surface area contributed by atoms with Crippen LogP contribution in [-0.2, 0) is 11.2 Å². The van der Waals surface area contributed by atoms with E-state index < -0.39 is 0 Å². The summed E-state index contributed by atoms with van der Waals surface area (Å²) in [7, 11) is 3.78. The van der Waals surface area contributed by atoms with Crippen molar-refractivity contribution in [3.63, 3.8) is 0 Å². The number of benzene rings is 2. The molecule has 0 bridgehead atoms. The third kappa shape index (κ3) is 2.83. The molecule has 0 unspecified atom stereocenters. The second-order valence-electron chi connectivity index (χ2n) is 7.44. The zero-order valence-corrected chi connectivity index (χ0v) is 16.6. The van der Waals surface area contributed by atoms with Crippen molar-refractivity contribution in [1.82, 2.24) is 14.4 Å². The normalized spacial score (nSPS) is 12.7. The summed E-state index contributed by atoms with van der Waals surface area (Å²) >= 11 is 0. The van der Waals surface area contributed by atoms with Gasteiger partial charge in [-0.1, -0.05) is 36.4 Å². The van der Waals surface area contributed by atoms with Gasteiger partial charge in [-0.2, -0.15) is 0 Å². The van der Waals surface area contributed by atoms with Gasteiger partial charge in [-0.25, -0.2) is 9.97 Å². The Morgan fingerprint density at radius 3 is 2.70 bits per heavy atom. The Labute approximate surface area is 173 Å². The van der Waals surface area contributed by atoms with Gasteiger partial charge in [0.2, 0.25) is 11.7 Å². The number of ketones is 1. The number of anilines is 2. The number of nitrogens with one attached hydrogen (secondary N) is 1. The van der Waals surface area contributed by atoms with E-state index in [1.54, 1.807) is 18.3 Å². The molecule has 0 saturated heterocycles. The van der Waals surface area contributed by atoms with Gasteiger partial charge in [0.1, 0.15) is 5.69 Å². The summed E-state index contributed by atoms with van der Waals surface area (Å²) in [6.07, 6.45) is 3.83. The van der Waals surface area contributed by atoms with Gasteiger partial charge in [-0.05, 0) is 17.7 Å². The molecule has 1 aliphatic rings. The van der Waals surface area contributed by atoms with E-state index in [-0.39, 0.29) is 11.7 Å². The van der Waals surface area contributed by atoms with Crippen LogP contribution in [0.4, 0.5) is 11.5 Å². The van der Waals surface area contributed by atoms with Gasteiger partial charge in [0.05, 0.1) is 12.1 Å². The van der Waals surface area contributed by atoms with Crippen molar-refractivity contribution in [2.24, 2.45) is 0 Å².